The Morgan fingerprint density at radius 1 is 1.35 bits per heavy atom. The van der Waals surface area contributed by atoms with E-state index in [0.29, 0.717) is 32.3 Å². The molecule has 2 rings (SSSR count). The second kappa shape index (κ2) is 13.6. The van der Waals surface area contributed by atoms with E-state index in [1.54, 1.807) is 7.11 Å². The van der Waals surface area contributed by atoms with Crippen LogP contribution in [0.3, 0.4) is 0 Å². The van der Waals surface area contributed by atoms with Gasteiger partial charge in [0.25, 0.3) is 0 Å². The van der Waals surface area contributed by atoms with Crippen LogP contribution >= 0.6 is 39.9 Å². The Morgan fingerprint density at radius 3 is 2.92 bits per heavy atom. The van der Waals surface area contributed by atoms with E-state index in [2.05, 4.69) is 31.1 Å². The smallest absolute Gasteiger partial charge is 0.193 e. The molecular formula is C18H29BrIN3O3. The van der Waals surface area contributed by atoms with E-state index < -0.39 is 0 Å². The summed E-state index contributed by atoms with van der Waals surface area (Å²) in [5.74, 6) is 2.34. The number of hydrogen-bond donors (Lipinski definition) is 1. The molecule has 1 aliphatic rings. The van der Waals surface area contributed by atoms with Crippen LogP contribution in [0, 0.1) is 5.92 Å². The molecule has 1 atom stereocenters. The highest BCUT2D eigenvalue weighted by Gasteiger charge is 2.24. The van der Waals surface area contributed by atoms with Crippen molar-refractivity contribution in [3.63, 3.8) is 0 Å². The maximum atomic E-state index is 5.74. The molecule has 0 aromatic heterocycles. The molecule has 1 aliphatic heterocycles. The minimum Gasteiger partial charge on any atom is -0.492 e. The van der Waals surface area contributed by atoms with E-state index in [-0.39, 0.29) is 24.0 Å². The zero-order valence-electron chi connectivity index (χ0n) is 15.4. The largest absolute Gasteiger partial charge is 0.492 e. The second-order valence-corrected chi connectivity index (χ2v) is 6.86. The van der Waals surface area contributed by atoms with Gasteiger partial charge >= 0.3 is 0 Å². The van der Waals surface area contributed by atoms with E-state index in [4.69, 9.17) is 14.2 Å². The third kappa shape index (κ3) is 8.41. The fourth-order valence-electron chi connectivity index (χ4n) is 2.77. The van der Waals surface area contributed by atoms with Gasteiger partial charge in [0.15, 0.2) is 5.96 Å². The monoisotopic (exact) mass is 541 g/mol. The van der Waals surface area contributed by atoms with Crippen molar-refractivity contribution in [2.75, 3.05) is 60.2 Å². The predicted molar refractivity (Wildman–Crippen MR) is 119 cm³/mol. The van der Waals surface area contributed by atoms with Gasteiger partial charge in [-0.2, -0.15) is 0 Å². The van der Waals surface area contributed by atoms with Gasteiger partial charge in [0.2, 0.25) is 0 Å². The first-order chi connectivity index (χ1) is 12.2. The number of halogens is 2. The lowest BCUT2D eigenvalue weighted by Crippen LogP contribution is -2.41. The minimum absolute atomic E-state index is 0. The van der Waals surface area contributed by atoms with Crippen molar-refractivity contribution in [3.05, 3.63) is 28.7 Å². The first-order valence-corrected chi connectivity index (χ1v) is 9.43. The van der Waals surface area contributed by atoms with Crippen molar-refractivity contribution >= 4 is 45.9 Å². The third-order valence-electron chi connectivity index (χ3n) is 4.03. The van der Waals surface area contributed by atoms with Crippen LogP contribution in [0.2, 0.25) is 0 Å². The molecule has 0 saturated carbocycles. The summed E-state index contributed by atoms with van der Waals surface area (Å²) < 4.78 is 17.4. The quantitative estimate of drug-likeness (QED) is 0.225. The Balaban J connectivity index is 0.00000338. The molecular weight excluding hydrogens is 513 g/mol. The number of guanidine groups is 1. The van der Waals surface area contributed by atoms with Gasteiger partial charge in [-0.1, -0.05) is 22.0 Å². The highest BCUT2D eigenvalue weighted by molar-refractivity contribution is 14.0. The Bertz CT molecular complexity index is 548. The van der Waals surface area contributed by atoms with E-state index >= 15 is 0 Å². The van der Waals surface area contributed by atoms with Crippen molar-refractivity contribution in [2.45, 2.75) is 6.42 Å². The van der Waals surface area contributed by atoms with Crippen LogP contribution < -0.4 is 10.1 Å². The number of methoxy groups -OCH3 is 1. The summed E-state index contributed by atoms with van der Waals surface area (Å²) >= 11 is 3.44. The zero-order valence-corrected chi connectivity index (χ0v) is 19.4. The number of nitrogens with one attached hydrogen (secondary N) is 1. The van der Waals surface area contributed by atoms with Crippen LogP contribution in [-0.4, -0.2) is 71.1 Å². The SMILES string of the molecule is CN=C(NCCOc1cccc(Br)c1)N1CCC(COCCOC)C1.I. The van der Waals surface area contributed by atoms with Crippen molar-refractivity contribution in [2.24, 2.45) is 10.9 Å². The lowest BCUT2D eigenvalue weighted by Gasteiger charge is -2.21. The Hall–Kier alpha value is -0.580. The van der Waals surface area contributed by atoms with E-state index in [0.717, 1.165) is 42.3 Å². The standard InChI is InChI=1S/C18H28BrN3O3.HI/c1-20-18(21-7-9-25-17-5-3-4-16(19)12-17)22-8-6-15(13-22)14-24-11-10-23-2;/h3-5,12,15H,6-11,13-14H2,1-2H3,(H,20,21);1H. The summed E-state index contributed by atoms with van der Waals surface area (Å²) in [5.41, 5.74) is 0. The molecule has 26 heavy (non-hydrogen) atoms. The Labute approximate surface area is 181 Å². The maximum absolute atomic E-state index is 5.74. The van der Waals surface area contributed by atoms with Gasteiger partial charge in [0, 0.05) is 37.6 Å². The van der Waals surface area contributed by atoms with Crippen molar-refractivity contribution < 1.29 is 14.2 Å². The third-order valence-corrected chi connectivity index (χ3v) is 4.53. The summed E-state index contributed by atoms with van der Waals surface area (Å²) in [5, 5.41) is 3.37. The van der Waals surface area contributed by atoms with Crippen LogP contribution in [0.1, 0.15) is 6.42 Å². The molecule has 8 heteroatoms. The summed E-state index contributed by atoms with van der Waals surface area (Å²) in [4.78, 5) is 6.66. The molecule has 0 radical (unpaired) electrons. The molecule has 1 aromatic carbocycles. The molecule has 1 fully saturated rings. The molecule has 1 unspecified atom stereocenters. The average molecular weight is 542 g/mol. The van der Waals surface area contributed by atoms with E-state index in [1.165, 1.54) is 0 Å². The summed E-state index contributed by atoms with van der Waals surface area (Å²) in [6, 6.07) is 7.86. The number of likely N-dealkylation sites (tertiary alicyclic amines) is 1. The molecule has 1 saturated heterocycles. The van der Waals surface area contributed by atoms with E-state index in [9.17, 15) is 0 Å². The van der Waals surface area contributed by atoms with Crippen LogP contribution in [0.5, 0.6) is 5.75 Å². The van der Waals surface area contributed by atoms with Crippen molar-refractivity contribution in [3.8, 4) is 5.75 Å². The summed E-state index contributed by atoms with van der Waals surface area (Å²) in [6.07, 6.45) is 1.13. The van der Waals surface area contributed by atoms with Gasteiger partial charge in [-0.25, -0.2) is 0 Å². The maximum Gasteiger partial charge on any atom is 0.193 e. The number of benzene rings is 1. The van der Waals surface area contributed by atoms with Crippen LogP contribution in [0.4, 0.5) is 0 Å². The van der Waals surface area contributed by atoms with Crippen LogP contribution in [-0.2, 0) is 9.47 Å². The second-order valence-electron chi connectivity index (χ2n) is 5.95. The highest BCUT2D eigenvalue weighted by Crippen LogP contribution is 2.18. The molecule has 148 valence electrons. The normalized spacial score (nSPS) is 17.1. The number of nitrogens with zero attached hydrogens (tertiary/aromatic N) is 2. The lowest BCUT2D eigenvalue weighted by molar-refractivity contribution is 0.0536. The number of rotatable bonds is 9. The predicted octanol–water partition coefficient (Wildman–Crippen LogP) is 3.01. The molecule has 1 aromatic rings. The molecule has 0 aliphatic carbocycles. The number of aliphatic imine (C=N–C) groups is 1. The van der Waals surface area contributed by atoms with E-state index in [1.807, 2.05) is 31.3 Å². The zero-order chi connectivity index (χ0) is 17.9. The topological polar surface area (TPSA) is 55.3 Å². The van der Waals surface area contributed by atoms with Crippen molar-refractivity contribution in [1.29, 1.82) is 0 Å². The fourth-order valence-corrected chi connectivity index (χ4v) is 3.15. The van der Waals surface area contributed by atoms with Crippen LogP contribution in [0.25, 0.3) is 0 Å². The highest BCUT2D eigenvalue weighted by atomic mass is 127. The fraction of sp³-hybridized carbons (Fsp3) is 0.611. The number of hydrogen-bond acceptors (Lipinski definition) is 4. The molecule has 0 amide bonds. The Kier molecular flexibility index (Phi) is 12.2. The first-order valence-electron chi connectivity index (χ1n) is 8.63. The van der Waals surface area contributed by atoms with Gasteiger partial charge in [0.05, 0.1) is 26.4 Å². The number of ether oxygens (including phenoxy) is 3. The summed E-state index contributed by atoms with van der Waals surface area (Å²) in [7, 11) is 3.51. The molecule has 1 N–H and O–H groups in total. The Morgan fingerprint density at radius 2 is 2.19 bits per heavy atom. The van der Waals surface area contributed by atoms with Crippen molar-refractivity contribution in [1.82, 2.24) is 10.2 Å². The van der Waals surface area contributed by atoms with Gasteiger partial charge in [-0.05, 0) is 24.6 Å². The minimum atomic E-state index is 0. The first kappa shape index (κ1) is 23.5. The molecule has 0 spiro atoms. The molecule has 6 nitrogen and oxygen atoms in total. The average Bonchev–Trinajstić information content (AvgIpc) is 3.07. The molecule has 0 bridgehead atoms. The van der Waals surface area contributed by atoms with Crippen LogP contribution in [0.15, 0.2) is 33.7 Å². The van der Waals surface area contributed by atoms with Gasteiger partial charge < -0.3 is 24.4 Å². The van der Waals surface area contributed by atoms with Gasteiger partial charge in [-0.15, -0.1) is 24.0 Å². The summed E-state index contributed by atoms with van der Waals surface area (Å²) in [6.45, 7) is 5.37. The van der Waals surface area contributed by atoms with Gasteiger partial charge in [-0.3, -0.25) is 4.99 Å². The lowest BCUT2D eigenvalue weighted by atomic mass is 10.1. The molecule has 1 heterocycles. The van der Waals surface area contributed by atoms with Gasteiger partial charge in [0.1, 0.15) is 12.4 Å².